The smallest absolute Gasteiger partial charge is 0.119 e. The maximum Gasteiger partial charge on any atom is 0.119 e. The summed E-state index contributed by atoms with van der Waals surface area (Å²) in [5.41, 5.74) is 6.87. The van der Waals surface area contributed by atoms with E-state index in [9.17, 15) is 5.11 Å². The summed E-state index contributed by atoms with van der Waals surface area (Å²) in [6.45, 7) is 2.51. The molecule has 3 N–H and O–H groups in total. The van der Waals surface area contributed by atoms with Crippen LogP contribution >= 0.6 is 0 Å². The van der Waals surface area contributed by atoms with Crippen LogP contribution < -0.4 is 10.5 Å². The van der Waals surface area contributed by atoms with Gasteiger partial charge in [0.25, 0.3) is 0 Å². The second-order valence-electron chi connectivity index (χ2n) is 5.65. The predicted molar refractivity (Wildman–Crippen MR) is 77.1 cm³/mol. The van der Waals surface area contributed by atoms with Gasteiger partial charge in [0.15, 0.2) is 0 Å². The van der Waals surface area contributed by atoms with E-state index < -0.39 is 6.10 Å². The maximum absolute atomic E-state index is 9.53. The summed E-state index contributed by atoms with van der Waals surface area (Å²) in [6, 6.07) is 7.43. The normalized spacial score (nSPS) is 19.9. The number of nitrogens with two attached hydrogens (primary N) is 1. The number of rotatable bonds is 5. The molecule has 0 radical (unpaired) electrons. The number of ether oxygens (including phenoxy) is 1. The molecule has 3 nitrogen and oxygen atoms in total. The predicted octanol–water partition coefficient (Wildman–Crippen LogP) is 3.03. The van der Waals surface area contributed by atoms with Crippen LogP contribution in [-0.4, -0.2) is 17.8 Å². The summed E-state index contributed by atoms with van der Waals surface area (Å²) in [5.74, 6) is 1.56. The zero-order valence-corrected chi connectivity index (χ0v) is 11.7. The van der Waals surface area contributed by atoms with Gasteiger partial charge in [0.2, 0.25) is 0 Å². The van der Waals surface area contributed by atoms with Crippen molar-refractivity contribution >= 4 is 0 Å². The number of hydrogen-bond donors (Lipinski definition) is 2. The first-order valence-electron chi connectivity index (χ1n) is 7.33. The molecule has 1 aliphatic rings. The molecule has 0 aliphatic heterocycles. The summed E-state index contributed by atoms with van der Waals surface area (Å²) in [4.78, 5) is 0. The lowest BCUT2D eigenvalue weighted by atomic mass is 9.90. The van der Waals surface area contributed by atoms with Crippen molar-refractivity contribution in [3.63, 3.8) is 0 Å². The highest BCUT2D eigenvalue weighted by Crippen LogP contribution is 2.25. The minimum absolute atomic E-state index is 0.349. The number of aliphatic hydroxyl groups is 1. The van der Waals surface area contributed by atoms with Crippen molar-refractivity contribution in [1.29, 1.82) is 0 Å². The molecule has 0 aromatic heterocycles. The van der Waals surface area contributed by atoms with Gasteiger partial charge in [-0.2, -0.15) is 0 Å². The van der Waals surface area contributed by atoms with Gasteiger partial charge in [-0.25, -0.2) is 0 Å². The molecule has 2 unspecified atom stereocenters. The molecular formula is C16H25NO2. The highest BCUT2D eigenvalue weighted by atomic mass is 16.5. The first kappa shape index (κ1) is 14.4. The summed E-state index contributed by atoms with van der Waals surface area (Å²) in [5, 5.41) is 9.53. The van der Waals surface area contributed by atoms with Gasteiger partial charge in [-0.05, 0) is 43.4 Å². The molecule has 1 saturated carbocycles. The Balaban J connectivity index is 1.91. The van der Waals surface area contributed by atoms with Gasteiger partial charge in [0.05, 0.1) is 18.8 Å². The first-order valence-corrected chi connectivity index (χ1v) is 7.33. The maximum atomic E-state index is 9.53. The van der Waals surface area contributed by atoms with Crippen LogP contribution in [-0.2, 0) is 0 Å². The lowest BCUT2D eigenvalue weighted by Crippen LogP contribution is -2.23. The van der Waals surface area contributed by atoms with Gasteiger partial charge in [-0.3, -0.25) is 0 Å². The Kier molecular flexibility index (Phi) is 5.23. The van der Waals surface area contributed by atoms with Crippen molar-refractivity contribution in [2.45, 2.75) is 51.2 Å². The Hall–Kier alpha value is -1.06. The highest BCUT2D eigenvalue weighted by molar-refractivity contribution is 5.30. The molecular weight excluding hydrogens is 238 g/mol. The quantitative estimate of drug-likeness (QED) is 0.858. The van der Waals surface area contributed by atoms with Crippen LogP contribution in [0.4, 0.5) is 0 Å². The second kappa shape index (κ2) is 6.92. The fraction of sp³-hybridized carbons (Fsp3) is 0.625. The van der Waals surface area contributed by atoms with Crippen molar-refractivity contribution in [2.75, 3.05) is 6.61 Å². The largest absolute Gasteiger partial charge is 0.493 e. The first-order chi connectivity index (χ1) is 9.16. The lowest BCUT2D eigenvalue weighted by molar-refractivity contribution is 0.164. The van der Waals surface area contributed by atoms with Gasteiger partial charge in [0.1, 0.15) is 5.75 Å². The molecule has 0 bridgehead atoms. The van der Waals surface area contributed by atoms with E-state index in [2.05, 4.69) is 0 Å². The SMILES string of the molecule is CC(O)C(N)c1cccc(OCC2CCCCC2)c1. The van der Waals surface area contributed by atoms with Crippen molar-refractivity contribution in [3.05, 3.63) is 29.8 Å². The van der Waals surface area contributed by atoms with Crippen molar-refractivity contribution < 1.29 is 9.84 Å². The fourth-order valence-corrected chi connectivity index (χ4v) is 2.66. The third-order valence-corrected chi connectivity index (χ3v) is 3.97. The zero-order chi connectivity index (χ0) is 13.7. The summed E-state index contributed by atoms with van der Waals surface area (Å²) >= 11 is 0. The molecule has 0 saturated heterocycles. The van der Waals surface area contributed by atoms with Gasteiger partial charge in [-0.1, -0.05) is 31.4 Å². The standard InChI is InChI=1S/C16H25NO2/c1-12(18)16(17)14-8-5-9-15(10-14)19-11-13-6-3-2-4-7-13/h5,8-10,12-13,16,18H,2-4,6-7,11,17H2,1H3. The Labute approximate surface area is 115 Å². The van der Waals surface area contributed by atoms with Gasteiger partial charge in [0, 0.05) is 0 Å². The molecule has 1 aromatic carbocycles. The van der Waals surface area contributed by atoms with E-state index in [0.29, 0.717) is 5.92 Å². The average Bonchev–Trinajstić information content (AvgIpc) is 2.45. The average molecular weight is 263 g/mol. The van der Waals surface area contributed by atoms with Crippen LogP contribution in [0.15, 0.2) is 24.3 Å². The van der Waals surface area contributed by atoms with Crippen LogP contribution in [0, 0.1) is 5.92 Å². The monoisotopic (exact) mass is 263 g/mol. The van der Waals surface area contributed by atoms with Gasteiger partial charge in [-0.15, -0.1) is 0 Å². The summed E-state index contributed by atoms with van der Waals surface area (Å²) in [7, 11) is 0. The molecule has 0 heterocycles. The topological polar surface area (TPSA) is 55.5 Å². The van der Waals surface area contributed by atoms with E-state index in [1.54, 1.807) is 6.92 Å². The Morgan fingerprint density at radius 3 is 2.74 bits per heavy atom. The Bertz CT molecular complexity index is 386. The van der Waals surface area contributed by atoms with E-state index in [0.717, 1.165) is 17.9 Å². The summed E-state index contributed by atoms with van der Waals surface area (Å²) in [6.07, 6.45) is 6.06. The Morgan fingerprint density at radius 1 is 1.32 bits per heavy atom. The number of hydrogen-bond acceptors (Lipinski definition) is 3. The lowest BCUT2D eigenvalue weighted by Gasteiger charge is -2.22. The highest BCUT2D eigenvalue weighted by Gasteiger charge is 2.15. The molecule has 1 fully saturated rings. The van der Waals surface area contributed by atoms with Crippen LogP contribution in [0.3, 0.4) is 0 Å². The van der Waals surface area contributed by atoms with Crippen molar-refractivity contribution in [1.82, 2.24) is 0 Å². The van der Waals surface area contributed by atoms with E-state index in [4.69, 9.17) is 10.5 Å². The number of aliphatic hydroxyl groups excluding tert-OH is 1. The van der Waals surface area contributed by atoms with E-state index in [-0.39, 0.29) is 6.04 Å². The van der Waals surface area contributed by atoms with Crippen molar-refractivity contribution in [3.8, 4) is 5.75 Å². The van der Waals surface area contributed by atoms with Crippen LogP contribution in [0.1, 0.15) is 50.6 Å². The minimum atomic E-state index is -0.548. The van der Waals surface area contributed by atoms with Crippen molar-refractivity contribution in [2.24, 2.45) is 11.7 Å². The van der Waals surface area contributed by atoms with Gasteiger partial charge >= 0.3 is 0 Å². The molecule has 1 aliphatic carbocycles. The van der Waals surface area contributed by atoms with Crippen LogP contribution in [0.25, 0.3) is 0 Å². The molecule has 2 rings (SSSR count). The third kappa shape index (κ3) is 4.22. The molecule has 19 heavy (non-hydrogen) atoms. The molecule has 3 heteroatoms. The van der Waals surface area contributed by atoms with E-state index in [1.807, 2.05) is 24.3 Å². The van der Waals surface area contributed by atoms with E-state index >= 15 is 0 Å². The molecule has 0 spiro atoms. The molecule has 106 valence electrons. The molecule has 0 amide bonds. The van der Waals surface area contributed by atoms with Gasteiger partial charge < -0.3 is 15.6 Å². The molecule has 1 aromatic rings. The van der Waals surface area contributed by atoms with Crippen LogP contribution in [0.5, 0.6) is 5.75 Å². The third-order valence-electron chi connectivity index (χ3n) is 3.97. The van der Waals surface area contributed by atoms with E-state index in [1.165, 1.54) is 32.1 Å². The minimum Gasteiger partial charge on any atom is -0.493 e. The Morgan fingerprint density at radius 2 is 2.05 bits per heavy atom. The second-order valence-corrected chi connectivity index (χ2v) is 5.65. The summed E-state index contributed by atoms with van der Waals surface area (Å²) < 4.78 is 5.88. The van der Waals surface area contributed by atoms with Crippen LogP contribution in [0.2, 0.25) is 0 Å². The number of benzene rings is 1. The molecule has 2 atom stereocenters. The fourth-order valence-electron chi connectivity index (χ4n) is 2.66. The zero-order valence-electron chi connectivity index (χ0n) is 11.7.